The molecular formula is C40H77N3O12. The van der Waals surface area contributed by atoms with Gasteiger partial charge in [-0.25, -0.2) is 0 Å². The lowest BCUT2D eigenvalue weighted by atomic mass is 9.71. The molecule has 19 atom stereocenters. The molecular weight excluding hydrogens is 714 g/mol. The number of carbonyl (C=O) groups is 1. The molecule has 0 aromatic carbocycles. The van der Waals surface area contributed by atoms with Crippen LogP contribution in [0.2, 0.25) is 0 Å². The zero-order valence-corrected chi connectivity index (χ0v) is 36.2. The molecule has 3 saturated heterocycles. The maximum Gasteiger partial charge on any atom is 0.311 e. The van der Waals surface area contributed by atoms with Crippen LogP contribution in [0.15, 0.2) is 0 Å². The number of rotatable bonds is 9. The molecule has 55 heavy (non-hydrogen) atoms. The van der Waals surface area contributed by atoms with Gasteiger partial charge in [-0.15, -0.1) is 0 Å². The molecule has 0 bridgehead atoms. The minimum absolute atomic E-state index is 0.00153. The highest BCUT2D eigenvalue weighted by molar-refractivity contribution is 5.73. The molecule has 324 valence electrons. The highest BCUT2D eigenvalue weighted by Crippen LogP contribution is 2.41. The molecule has 6 N–H and O–H groups in total. The summed E-state index contributed by atoms with van der Waals surface area (Å²) in [6.07, 6.45) is -9.50. The lowest BCUT2D eigenvalue weighted by Gasteiger charge is -2.50. The van der Waals surface area contributed by atoms with Crippen molar-refractivity contribution in [3.63, 3.8) is 0 Å². The van der Waals surface area contributed by atoms with Gasteiger partial charge in [0.05, 0.1) is 47.6 Å². The summed E-state index contributed by atoms with van der Waals surface area (Å²) < 4.78 is 31.9. The number of carbonyl (C=O) groups excluding carboxylic acids is 1. The SMILES string of the molecule is CC[C@H]1OC(=O)[C@H](C)[C@@H](O[C@H]2C[C@@](C)(O)[C@@H](O)[C@H](C)O2)[C@H](C)[C@@H](O[C@@H]2O[C@H](C)C[C@H](N(C)C)[C@H]2O)[C@](C)(O)C[C@@H](C)[C@@H](N(C)C)[C@H](C)[C@@H](O)[C@@]1(O)CN(C)C. The first-order valence-corrected chi connectivity index (χ1v) is 20.2. The summed E-state index contributed by atoms with van der Waals surface area (Å²) in [7, 11) is 11.1. The van der Waals surface area contributed by atoms with Crippen LogP contribution in [0.1, 0.15) is 88.0 Å². The number of esters is 1. The molecule has 3 aliphatic heterocycles. The molecule has 0 radical (unpaired) electrons. The number of cyclic esters (lactones) is 1. The fourth-order valence-corrected chi connectivity index (χ4v) is 9.93. The molecule has 0 saturated carbocycles. The van der Waals surface area contributed by atoms with Gasteiger partial charge < -0.3 is 69.0 Å². The Morgan fingerprint density at radius 3 is 1.91 bits per heavy atom. The van der Waals surface area contributed by atoms with Gasteiger partial charge in [-0.2, -0.15) is 0 Å². The Balaban J connectivity index is 2.26. The van der Waals surface area contributed by atoms with E-state index in [4.69, 9.17) is 23.7 Å². The van der Waals surface area contributed by atoms with E-state index in [-0.39, 0.29) is 49.9 Å². The number of hydrogen-bond acceptors (Lipinski definition) is 15. The van der Waals surface area contributed by atoms with Crippen LogP contribution in [-0.4, -0.2) is 190 Å². The average molecular weight is 792 g/mol. The first-order valence-electron chi connectivity index (χ1n) is 20.2. The second-order valence-corrected chi connectivity index (χ2v) is 18.5. The van der Waals surface area contributed by atoms with Gasteiger partial charge >= 0.3 is 5.97 Å². The van der Waals surface area contributed by atoms with Crippen LogP contribution in [0.3, 0.4) is 0 Å². The number of aliphatic hydroxyl groups is 6. The van der Waals surface area contributed by atoms with Crippen LogP contribution >= 0.6 is 0 Å². The molecule has 15 heteroatoms. The van der Waals surface area contributed by atoms with E-state index in [1.54, 1.807) is 53.6 Å². The van der Waals surface area contributed by atoms with Crippen LogP contribution in [0, 0.1) is 23.7 Å². The Labute approximate surface area is 330 Å². The van der Waals surface area contributed by atoms with Gasteiger partial charge in [0.15, 0.2) is 12.6 Å². The second-order valence-electron chi connectivity index (χ2n) is 18.5. The fraction of sp³-hybridized carbons (Fsp3) is 0.975. The van der Waals surface area contributed by atoms with Crippen LogP contribution in [-0.2, 0) is 28.5 Å². The van der Waals surface area contributed by atoms with E-state index in [0.717, 1.165) is 0 Å². The van der Waals surface area contributed by atoms with Gasteiger partial charge in [0.25, 0.3) is 0 Å². The van der Waals surface area contributed by atoms with Gasteiger partial charge in [-0.05, 0) is 102 Å². The van der Waals surface area contributed by atoms with Gasteiger partial charge in [-0.1, -0.05) is 27.7 Å². The molecule has 0 unspecified atom stereocenters. The van der Waals surface area contributed by atoms with Crippen molar-refractivity contribution in [2.24, 2.45) is 23.7 Å². The van der Waals surface area contributed by atoms with Crippen molar-refractivity contribution in [2.45, 2.75) is 178 Å². The number of ether oxygens (including phenoxy) is 5. The Bertz CT molecular complexity index is 1220. The van der Waals surface area contributed by atoms with E-state index >= 15 is 0 Å². The van der Waals surface area contributed by atoms with Crippen LogP contribution in [0.4, 0.5) is 0 Å². The number of nitrogens with zero attached hydrogens (tertiary/aromatic N) is 3. The summed E-state index contributed by atoms with van der Waals surface area (Å²) in [5.41, 5.74) is -5.11. The van der Waals surface area contributed by atoms with E-state index in [0.29, 0.717) is 6.42 Å². The van der Waals surface area contributed by atoms with Gasteiger partial charge in [-0.3, -0.25) is 4.79 Å². The first-order chi connectivity index (χ1) is 25.2. The van der Waals surface area contributed by atoms with Crippen molar-refractivity contribution < 1.29 is 59.1 Å². The summed E-state index contributed by atoms with van der Waals surface area (Å²) in [5, 5.41) is 70.8. The molecule has 0 aromatic rings. The minimum atomic E-state index is -1.88. The van der Waals surface area contributed by atoms with E-state index in [9.17, 15) is 35.4 Å². The van der Waals surface area contributed by atoms with Crippen LogP contribution in [0.5, 0.6) is 0 Å². The van der Waals surface area contributed by atoms with E-state index in [2.05, 4.69) is 0 Å². The zero-order valence-electron chi connectivity index (χ0n) is 36.2. The normalized spacial score (nSPS) is 48.5. The lowest BCUT2D eigenvalue weighted by molar-refractivity contribution is -0.317. The Morgan fingerprint density at radius 2 is 1.40 bits per heavy atom. The quantitative estimate of drug-likeness (QED) is 0.181. The monoisotopic (exact) mass is 792 g/mol. The van der Waals surface area contributed by atoms with Gasteiger partial charge in [0.2, 0.25) is 0 Å². The highest BCUT2D eigenvalue weighted by Gasteiger charge is 2.54. The molecule has 0 aromatic heterocycles. The predicted octanol–water partition coefficient (Wildman–Crippen LogP) is 1.03. The molecule has 0 amide bonds. The Kier molecular flexibility index (Phi) is 16.6. The third-order valence-electron chi connectivity index (χ3n) is 12.6. The largest absolute Gasteiger partial charge is 0.459 e. The predicted molar refractivity (Wildman–Crippen MR) is 207 cm³/mol. The maximum absolute atomic E-state index is 14.4. The fourth-order valence-electron chi connectivity index (χ4n) is 9.93. The molecule has 0 spiro atoms. The molecule has 0 aliphatic carbocycles. The summed E-state index contributed by atoms with van der Waals surface area (Å²) in [5.74, 6) is -3.47. The smallest absolute Gasteiger partial charge is 0.311 e. The maximum atomic E-state index is 14.4. The number of likely N-dealkylation sites (N-methyl/N-ethyl adjacent to an activating group) is 2. The molecule has 3 aliphatic rings. The number of hydrogen-bond donors (Lipinski definition) is 6. The summed E-state index contributed by atoms with van der Waals surface area (Å²) >= 11 is 0. The summed E-state index contributed by atoms with van der Waals surface area (Å²) in [6.45, 7) is 15.7. The van der Waals surface area contributed by atoms with E-state index in [1.807, 2.05) is 58.8 Å². The number of aliphatic hydroxyl groups excluding tert-OH is 3. The lowest BCUT2D eigenvalue weighted by Crippen LogP contribution is -2.64. The zero-order chi connectivity index (χ0) is 42.1. The van der Waals surface area contributed by atoms with Crippen molar-refractivity contribution in [1.29, 1.82) is 0 Å². The first kappa shape index (κ1) is 48.3. The van der Waals surface area contributed by atoms with Crippen LogP contribution in [0.25, 0.3) is 0 Å². The molecule has 15 nitrogen and oxygen atoms in total. The van der Waals surface area contributed by atoms with Crippen molar-refractivity contribution in [2.75, 3.05) is 48.8 Å². The third-order valence-corrected chi connectivity index (χ3v) is 12.6. The van der Waals surface area contributed by atoms with Gasteiger partial charge in [0, 0.05) is 36.9 Å². The standard InChI is InChI=1S/C40H77N3O12/c1-16-28-40(50,20-41(10)11)33(45)23(4)30(43(14)15)21(2)18-39(9,49)35(55-37-31(44)27(42(12)13)17-22(3)51-37)24(5)32(25(6)36(47)53-28)54-29-19-38(8,48)34(46)26(7)52-29/h21-35,37,44-46,48-50H,16-20H2,1-15H3/t21-,22-,23+,24+,25-,26+,27+,28-,29+,30-,31-,32+,33-,34+,35-,37+,38-,39-,40-/m1/s1. The van der Waals surface area contributed by atoms with Gasteiger partial charge in [0.1, 0.15) is 23.9 Å². The highest BCUT2D eigenvalue weighted by atomic mass is 16.7. The second kappa shape index (κ2) is 18.9. The molecule has 3 heterocycles. The van der Waals surface area contributed by atoms with E-state index < -0.39 is 95.8 Å². The van der Waals surface area contributed by atoms with Crippen molar-refractivity contribution >= 4 is 5.97 Å². The summed E-state index contributed by atoms with van der Waals surface area (Å²) in [6, 6.07) is -0.681. The summed E-state index contributed by atoms with van der Waals surface area (Å²) in [4.78, 5) is 20.1. The Morgan fingerprint density at radius 1 is 0.800 bits per heavy atom. The van der Waals surface area contributed by atoms with Crippen LogP contribution < -0.4 is 0 Å². The molecule has 3 rings (SSSR count). The molecule has 3 fully saturated rings. The Hall–Kier alpha value is -1.05. The topological polar surface area (TPSA) is 194 Å². The van der Waals surface area contributed by atoms with Crippen molar-refractivity contribution in [3.8, 4) is 0 Å². The van der Waals surface area contributed by atoms with Crippen molar-refractivity contribution in [3.05, 3.63) is 0 Å². The average Bonchev–Trinajstić information content (AvgIpc) is 3.05. The third kappa shape index (κ3) is 11.0. The van der Waals surface area contributed by atoms with E-state index in [1.165, 1.54) is 6.92 Å². The minimum Gasteiger partial charge on any atom is -0.459 e. The van der Waals surface area contributed by atoms with Crippen molar-refractivity contribution in [1.82, 2.24) is 14.7 Å².